The zero-order valence-corrected chi connectivity index (χ0v) is 10.5. The van der Waals surface area contributed by atoms with Gasteiger partial charge in [0.05, 0.1) is 5.69 Å². The minimum Gasteiger partial charge on any atom is -0.240 e. The van der Waals surface area contributed by atoms with E-state index in [2.05, 4.69) is 37.0 Å². The first kappa shape index (κ1) is 10.7. The first-order valence-corrected chi connectivity index (χ1v) is 5.98. The molecule has 2 rings (SSSR count). The van der Waals surface area contributed by atoms with Crippen molar-refractivity contribution in [3.63, 3.8) is 0 Å². The molecule has 15 heavy (non-hydrogen) atoms. The molecule has 0 spiro atoms. The van der Waals surface area contributed by atoms with Crippen LogP contribution in [0.3, 0.4) is 0 Å². The second-order valence-corrected chi connectivity index (χ2v) is 5.30. The van der Waals surface area contributed by atoms with Crippen LogP contribution in [0.2, 0.25) is 4.34 Å². The maximum Gasteiger partial charge on any atom is 0.125 e. The van der Waals surface area contributed by atoms with Crippen molar-refractivity contribution in [3.8, 4) is 10.6 Å². The Bertz CT molecular complexity index is 483. The maximum absolute atomic E-state index is 6.02. The molecule has 0 saturated heterocycles. The van der Waals surface area contributed by atoms with Gasteiger partial charge >= 0.3 is 0 Å². The Balaban J connectivity index is 2.54. The van der Waals surface area contributed by atoms with Gasteiger partial charge < -0.3 is 0 Å². The Labute approximate surface area is 98.7 Å². The van der Waals surface area contributed by atoms with Gasteiger partial charge in [-0.2, -0.15) is 0 Å². The predicted molar refractivity (Wildman–Crippen MR) is 66.8 cm³/mol. The molecule has 0 saturated carbocycles. The molecular weight excluding hydrogens is 226 g/mol. The molecule has 0 aliphatic carbocycles. The quantitative estimate of drug-likeness (QED) is 0.717. The number of benzene rings is 1. The molecule has 1 nitrogen and oxygen atoms in total. The van der Waals surface area contributed by atoms with E-state index in [1.54, 1.807) is 11.3 Å². The minimum atomic E-state index is 0.782. The smallest absolute Gasteiger partial charge is 0.125 e. The number of hydrogen-bond acceptors (Lipinski definition) is 2. The van der Waals surface area contributed by atoms with Crippen molar-refractivity contribution in [2.45, 2.75) is 20.8 Å². The van der Waals surface area contributed by atoms with Gasteiger partial charge in [-0.15, -0.1) is 11.3 Å². The maximum atomic E-state index is 6.02. The van der Waals surface area contributed by atoms with E-state index >= 15 is 0 Å². The van der Waals surface area contributed by atoms with E-state index < -0.39 is 0 Å². The topological polar surface area (TPSA) is 12.9 Å². The molecule has 0 radical (unpaired) electrons. The number of nitrogens with zero attached hydrogens (tertiary/aromatic N) is 1. The summed E-state index contributed by atoms with van der Waals surface area (Å²) in [6.07, 6.45) is 0. The van der Waals surface area contributed by atoms with Gasteiger partial charge in [0.25, 0.3) is 0 Å². The van der Waals surface area contributed by atoms with Crippen molar-refractivity contribution in [3.05, 3.63) is 39.4 Å². The molecule has 0 fully saturated rings. The van der Waals surface area contributed by atoms with E-state index in [0.29, 0.717) is 0 Å². The highest BCUT2D eigenvalue weighted by molar-refractivity contribution is 7.19. The second-order valence-electron chi connectivity index (χ2n) is 3.70. The molecule has 1 heterocycles. The number of hydrogen-bond donors (Lipinski definition) is 0. The van der Waals surface area contributed by atoms with Crippen LogP contribution in [0, 0.1) is 20.8 Å². The number of aryl methyl sites for hydroxylation is 3. The summed E-state index contributed by atoms with van der Waals surface area (Å²) < 4.78 is 0.782. The molecule has 0 unspecified atom stereocenters. The van der Waals surface area contributed by atoms with E-state index in [1.165, 1.54) is 16.7 Å². The molecule has 0 bridgehead atoms. The van der Waals surface area contributed by atoms with Crippen LogP contribution in [0.25, 0.3) is 10.6 Å². The predicted octanol–water partition coefficient (Wildman–Crippen LogP) is 4.39. The molecule has 2 aromatic rings. The van der Waals surface area contributed by atoms with Gasteiger partial charge in [-0.05, 0) is 26.3 Å². The Kier molecular flexibility index (Phi) is 2.81. The molecule has 0 aliphatic heterocycles. The fourth-order valence-corrected chi connectivity index (χ4v) is 2.69. The van der Waals surface area contributed by atoms with E-state index in [9.17, 15) is 0 Å². The van der Waals surface area contributed by atoms with E-state index in [4.69, 9.17) is 11.6 Å². The molecule has 1 aromatic heterocycles. The fraction of sp³-hybridized carbons (Fsp3) is 0.250. The standard InChI is InChI=1S/C12H12ClNS/c1-7-4-5-10(8(2)6-7)12-14-9(3)11(13)15-12/h4-6H,1-3H3. The van der Waals surface area contributed by atoms with Crippen molar-refractivity contribution in [2.75, 3.05) is 0 Å². The zero-order valence-electron chi connectivity index (χ0n) is 8.97. The van der Waals surface area contributed by atoms with Crippen LogP contribution in [0.1, 0.15) is 16.8 Å². The first-order valence-electron chi connectivity index (χ1n) is 4.78. The molecule has 3 heteroatoms. The van der Waals surface area contributed by atoms with Crippen LogP contribution >= 0.6 is 22.9 Å². The monoisotopic (exact) mass is 237 g/mol. The largest absolute Gasteiger partial charge is 0.240 e. The second kappa shape index (κ2) is 3.95. The van der Waals surface area contributed by atoms with Crippen LogP contribution < -0.4 is 0 Å². The normalized spacial score (nSPS) is 10.7. The Hall–Kier alpha value is -0.860. The summed E-state index contributed by atoms with van der Waals surface area (Å²) in [5, 5.41) is 1.01. The summed E-state index contributed by atoms with van der Waals surface area (Å²) >= 11 is 7.56. The van der Waals surface area contributed by atoms with Gasteiger partial charge in [-0.3, -0.25) is 0 Å². The van der Waals surface area contributed by atoms with Crippen molar-refractivity contribution < 1.29 is 0 Å². The fourth-order valence-electron chi connectivity index (χ4n) is 1.55. The van der Waals surface area contributed by atoms with Gasteiger partial charge in [-0.25, -0.2) is 4.98 Å². The summed E-state index contributed by atoms with van der Waals surface area (Å²) in [6.45, 7) is 6.13. The van der Waals surface area contributed by atoms with E-state index in [1.807, 2.05) is 6.92 Å². The average Bonchev–Trinajstić information content (AvgIpc) is 2.46. The van der Waals surface area contributed by atoms with Gasteiger partial charge in [0.15, 0.2) is 0 Å². The van der Waals surface area contributed by atoms with Gasteiger partial charge in [0.2, 0.25) is 0 Å². The number of thiazole rings is 1. The molecule has 1 aromatic carbocycles. The summed E-state index contributed by atoms with van der Waals surface area (Å²) in [5.41, 5.74) is 4.62. The third kappa shape index (κ3) is 2.06. The van der Waals surface area contributed by atoms with Crippen molar-refractivity contribution in [1.29, 1.82) is 0 Å². The molecule has 0 aliphatic rings. The van der Waals surface area contributed by atoms with Crippen LogP contribution in [0.15, 0.2) is 18.2 Å². The molecule has 0 atom stereocenters. The first-order chi connectivity index (χ1) is 7.08. The van der Waals surface area contributed by atoms with E-state index in [0.717, 1.165) is 15.0 Å². The lowest BCUT2D eigenvalue weighted by atomic mass is 10.1. The molecule has 78 valence electrons. The zero-order chi connectivity index (χ0) is 11.0. The van der Waals surface area contributed by atoms with Crippen LogP contribution in [-0.2, 0) is 0 Å². The number of halogens is 1. The van der Waals surface area contributed by atoms with Crippen LogP contribution in [0.4, 0.5) is 0 Å². The molecule has 0 N–H and O–H groups in total. The summed E-state index contributed by atoms with van der Waals surface area (Å²) in [7, 11) is 0. The Morgan fingerprint density at radius 2 is 1.93 bits per heavy atom. The lowest BCUT2D eigenvalue weighted by Gasteiger charge is -2.02. The minimum absolute atomic E-state index is 0.782. The van der Waals surface area contributed by atoms with Gasteiger partial charge in [-0.1, -0.05) is 35.4 Å². The summed E-state index contributed by atoms with van der Waals surface area (Å²) in [6, 6.07) is 6.38. The van der Waals surface area contributed by atoms with Crippen molar-refractivity contribution in [1.82, 2.24) is 4.98 Å². The highest BCUT2D eigenvalue weighted by Crippen LogP contribution is 2.33. The van der Waals surface area contributed by atoms with E-state index in [-0.39, 0.29) is 0 Å². The Morgan fingerprint density at radius 1 is 1.20 bits per heavy atom. The lowest BCUT2D eigenvalue weighted by Crippen LogP contribution is -1.83. The number of rotatable bonds is 1. The third-order valence-corrected chi connectivity index (χ3v) is 3.84. The average molecular weight is 238 g/mol. The van der Waals surface area contributed by atoms with Crippen molar-refractivity contribution >= 4 is 22.9 Å². The SMILES string of the molecule is Cc1ccc(-c2nc(C)c(Cl)s2)c(C)c1. The third-order valence-electron chi connectivity index (χ3n) is 2.35. The van der Waals surface area contributed by atoms with Crippen LogP contribution in [0.5, 0.6) is 0 Å². The molecule has 0 amide bonds. The van der Waals surface area contributed by atoms with Gasteiger partial charge in [0, 0.05) is 5.56 Å². The molecular formula is C12H12ClNS. The van der Waals surface area contributed by atoms with Crippen LogP contribution in [-0.4, -0.2) is 4.98 Å². The highest BCUT2D eigenvalue weighted by Gasteiger charge is 2.09. The number of aromatic nitrogens is 1. The van der Waals surface area contributed by atoms with Crippen molar-refractivity contribution in [2.24, 2.45) is 0 Å². The highest BCUT2D eigenvalue weighted by atomic mass is 35.5. The summed E-state index contributed by atoms with van der Waals surface area (Å²) in [4.78, 5) is 4.46. The van der Waals surface area contributed by atoms with Gasteiger partial charge in [0.1, 0.15) is 9.34 Å². The lowest BCUT2D eigenvalue weighted by molar-refractivity contribution is 1.26. The summed E-state index contributed by atoms with van der Waals surface area (Å²) in [5.74, 6) is 0. The Morgan fingerprint density at radius 3 is 2.47 bits per heavy atom.